The number of nitrogens with zero attached hydrogens (tertiary/aromatic N) is 2. The van der Waals surface area contributed by atoms with Gasteiger partial charge in [-0.25, -0.2) is 0 Å². The number of piperidine rings is 1. The van der Waals surface area contributed by atoms with Crippen molar-refractivity contribution in [2.45, 2.75) is 77.6 Å². The Morgan fingerprint density at radius 2 is 1.65 bits per heavy atom. The van der Waals surface area contributed by atoms with Crippen LogP contribution in [0.4, 0.5) is 0 Å². The molecule has 4 rings (SSSR count). The highest BCUT2D eigenvalue weighted by molar-refractivity contribution is 5.83. The van der Waals surface area contributed by atoms with Gasteiger partial charge in [0.1, 0.15) is 0 Å². The smallest absolute Gasteiger partial charge is 0.228 e. The molecule has 4 heteroatoms. The zero-order chi connectivity index (χ0) is 21.7. The number of rotatable bonds is 5. The van der Waals surface area contributed by atoms with Crippen LogP contribution in [0.5, 0.6) is 0 Å². The highest BCUT2D eigenvalue weighted by atomic mass is 16.2. The quantitative estimate of drug-likeness (QED) is 0.662. The summed E-state index contributed by atoms with van der Waals surface area (Å²) in [6.45, 7) is 5.61. The van der Waals surface area contributed by atoms with Crippen molar-refractivity contribution >= 4 is 11.8 Å². The van der Waals surface area contributed by atoms with Crippen LogP contribution in [-0.2, 0) is 16.0 Å². The van der Waals surface area contributed by atoms with E-state index in [0.29, 0.717) is 17.7 Å². The topological polar surface area (TPSA) is 40.6 Å². The van der Waals surface area contributed by atoms with E-state index in [4.69, 9.17) is 0 Å². The molecule has 3 aliphatic rings. The third-order valence-electron chi connectivity index (χ3n) is 8.33. The minimum absolute atomic E-state index is 0.258. The minimum atomic E-state index is -0.271. The van der Waals surface area contributed by atoms with Crippen LogP contribution in [0.25, 0.3) is 0 Å². The molecular formula is C27H40N2O2. The molecule has 1 saturated carbocycles. The van der Waals surface area contributed by atoms with Crippen LogP contribution in [0, 0.1) is 17.3 Å². The lowest BCUT2D eigenvalue weighted by molar-refractivity contribution is -0.146. The van der Waals surface area contributed by atoms with E-state index in [1.807, 2.05) is 6.07 Å². The molecule has 0 bridgehead atoms. The van der Waals surface area contributed by atoms with E-state index < -0.39 is 0 Å². The number of hydrogen-bond donors (Lipinski definition) is 0. The number of benzene rings is 1. The second-order valence-electron chi connectivity index (χ2n) is 10.3. The Morgan fingerprint density at radius 3 is 2.35 bits per heavy atom. The summed E-state index contributed by atoms with van der Waals surface area (Å²) in [6.07, 6.45) is 12.0. The van der Waals surface area contributed by atoms with Crippen LogP contribution in [-0.4, -0.2) is 47.8 Å². The van der Waals surface area contributed by atoms with Gasteiger partial charge in [-0.1, -0.05) is 62.9 Å². The van der Waals surface area contributed by atoms with Gasteiger partial charge in [0.15, 0.2) is 0 Å². The summed E-state index contributed by atoms with van der Waals surface area (Å²) in [5.74, 6) is 1.40. The van der Waals surface area contributed by atoms with E-state index >= 15 is 0 Å². The summed E-state index contributed by atoms with van der Waals surface area (Å²) in [6, 6.07) is 10.5. The molecule has 31 heavy (non-hydrogen) atoms. The molecule has 1 atom stereocenters. The predicted octanol–water partition coefficient (Wildman–Crippen LogP) is 5.07. The predicted molar refractivity (Wildman–Crippen MR) is 125 cm³/mol. The molecule has 1 aromatic rings. The summed E-state index contributed by atoms with van der Waals surface area (Å²) >= 11 is 0. The molecule has 4 nitrogen and oxygen atoms in total. The van der Waals surface area contributed by atoms with Gasteiger partial charge in [-0.05, 0) is 56.4 Å². The average Bonchev–Trinajstić information content (AvgIpc) is 2.97. The first-order valence-corrected chi connectivity index (χ1v) is 12.7. The van der Waals surface area contributed by atoms with Gasteiger partial charge >= 0.3 is 0 Å². The average molecular weight is 425 g/mol. The summed E-state index contributed by atoms with van der Waals surface area (Å²) in [5, 5.41) is 0. The fourth-order valence-electron chi connectivity index (χ4n) is 6.21. The maximum atomic E-state index is 13.7. The maximum absolute atomic E-state index is 13.7. The number of hydrogen-bond acceptors (Lipinski definition) is 2. The van der Waals surface area contributed by atoms with Gasteiger partial charge in [-0.2, -0.15) is 0 Å². The first kappa shape index (κ1) is 22.4. The molecule has 1 unspecified atom stereocenters. The molecule has 2 aliphatic heterocycles. The SMILES string of the molecule is CC1(C2CCN(C(=O)C3CCCCC3)CC2)CCCCN(CCc2ccccc2)C1=O. The van der Waals surface area contributed by atoms with Gasteiger partial charge in [0.2, 0.25) is 11.8 Å². The summed E-state index contributed by atoms with van der Waals surface area (Å²) in [5.41, 5.74) is 1.03. The first-order valence-electron chi connectivity index (χ1n) is 12.7. The third-order valence-corrected chi connectivity index (χ3v) is 8.33. The van der Waals surface area contributed by atoms with Crippen molar-refractivity contribution in [2.24, 2.45) is 17.3 Å². The highest BCUT2D eigenvalue weighted by Crippen LogP contribution is 2.43. The number of amides is 2. The Balaban J connectivity index is 1.36. The lowest BCUT2D eigenvalue weighted by Crippen LogP contribution is -2.50. The van der Waals surface area contributed by atoms with E-state index in [0.717, 1.165) is 77.5 Å². The standard InChI is InChI=1S/C27H40N2O2/c1-27(24-15-20-28(21-16-24)25(30)23-12-6-3-7-13-23)17-8-9-18-29(26(27)31)19-14-22-10-4-2-5-11-22/h2,4-5,10-11,23-24H,3,6-9,12-21H2,1H3. The Morgan fingerprint density at radius 1 is 0.935 bits per heavy atom. The number of carbonyl (C=O) groups is 2. The fraction of sp³-hybridized carbons (Fsp3) is 0.704. The lowest BCUT2D eigenvalue weighted by atomic mass is 9.68. The molecule has 1 aromatic carbocycles. The van der Waals surface area contributed by atoms with Gasteiger partial charge in [0, 0.05) is 37.5 Å². The van der Waals surface area contributed by atoms with E-state index in [1.54, 1.807) is 0 Å². The van der Waals surface area contributed by atoms with Crippen LogP contribution in [0.2, 0.25) is 0 Å². The van der Waals surface area contributed by atoms with Crippen molar-refractivity contribution in [3.63, 3.8) is 0 Å². The van der Waals surface area contributed by atoms with Crippen molar-refractivity contribution in [3.05, 3.63) is 35.9 Å². The minimum Gasteiger partial charge on any atom is -0.342 e. The monoisotopic (exact) mass is 424 g/mol. The molecule has 0 N–H and O–H groups in total. The number of carbonyl (C=O) groups excluding carboxylic acids is 2. The molecule has 2 heterocycles. The Labute approximate surface area is 188 Å². The van der Waals surface area contributed by atoms with Crippen LogP contribution >= 0.6 is 0 Å². The Hall–Kier alpha value is -1.84. The zero-order valence-corrected chi connectivity index (χ0v) is 19.4. The Kier molecular flexibility index (Phi) is 7.35. The summed E-state index contributed by atoms with van der Waals surface area (Å²) in [4.78, 5) is 30.9. The molecule has 3 fully saturated rings. The van der Waals surface area contributed by atoms with E-state index in [-0.39, 0.29) is 11.3 Å². The highest BCUT2D eigenvalue weighted by Gasteiger charge is 2.45. The molecule has 2 amide bonds. The van der Waals surface area contributed by atoms with E-state index in [9.17, 15) is 9.59 Å². The van der Waals surface area contributed by atoms with Crippen LogP contribution in [0.1, 0.15) is 76.7 Å². The van der Waals surface area contributed by atoms with Crippen LogP contribution in [0.3, 0.4) is 0 Å². The normalized spacial score (nSPS) is 26.7. The Bertz CT molecular complexity index is 735. The molecule has 0 radical (unpaired) electrons. The zero-order valence-electron chi connectivity index (χ0n) is 19.4. The van der Waals surface area contributed by atoms with Crippen molar-refractivity contribution in [3.8, 4) is 0 Å². The van der Waals surface area contributed by atoms with Gasteiger partial charge in [0.25, 0.3) is 0 Å². The van der Waals surface area contributed by atoms with Crippen molar-refractivity contribution in [1.29, 1.82) is 0 Å². The van der Waals surface area contributed by atoms with E-state index in [2.05, 4.69) is 41.0 Å². The first-order chi connectivity index (χ1) is 15.1. The molecule has 2 saturated heterocycles. The number of likely N-dealkylation sites (tertiary alicyclic amines) is 2. The fourth-order valence-corrected chi connectivity index (χ4v) is 6.21. The van der Waals surface area contributed by atoms with Crippen molar-refractivity contribution in [1.82, 2.24) is 9.80 Å². The van der Waals surface area contributed by atoms with Gasteiger partial charge in [0.05, 0.1) is 0 Å². The summed E-state index contributed by atoms with van der Waals surface area (Å²) < 4.78 is 0. The third kappa shape index (κ3) is 5.15. The second-order valence-corrected chi connectivity index (χ2v) is 10.3. The lowest BCUT2D eigenvalue weighted by Gasteiger charge is -2.43. The maximum Gasteiger partial charge on any atom is 0.228 e. The van der Waals surface area contributed by atoms with E-state index in [1.165, 1.54) is 24.8 Å². The molecule has 1 aliphatic carbocycles. The van der Waals surface area contributed by atoms with Crippen molar-refractivity contribution < 1.29 is 9.59 Å². The molecule has 0 aromatic heterocycles. The van der Waals surface area contributed by atoms with Crippen LogP contribution < -0.4 is 0 Å². The molecule has 170 valence electrons. The molecule has 0 spiro atoms. The van der Waals surface area contributed by atoms with Gasteiger partial charge in [-0.3, -0.25) is 9.59 Å². The summed E-state index contributed by atoms with van der Waals surface area (Å²) in [7, 11) is 0. The van der Waals surface area contributed by atoms with Crippen LogP contribution in [0.15, 0.2) is 30.3 Å². The second kappa shape index (κ2) is 10.2. The largest absolute Gasteiger partial charge is 0.342 e. The molecular weight excluding hydrogens is 384 g/mol. The van der Waals surface area contributed by atoms with Gasteiger partial charge < -0.3 is 9.80 Å². The van der Waals surface area contributed by atoms with Gasteiger partial charge in [-0.15, -0.1) is 0 Å². The van der Waals surface area contributed by atoms with Crippen molar-refractivity contribution in [2.75, 3.05) is 26.2 Å².